The number of nitrogens with zero attached hydrogens (tertiary/aromatic N) is 2. The normalized spacial score (nSPS) is 14.1. The molecule has 9 heteroatoms. The number of aliphatic hydroxyl groups is 1. The second kappa shape index (κ2) is 17.8. The van der Waals surface area contributed by atoms with Crippen molar-refractivity contribution in [3.8, 4) is 10.4 Å². The second-order valence-electron chi connectivity index (χ2n) is 8.42. The van der Waals surface area contributed by atoms with E-state index in [4.69, 9.17) is 9.90 Å². The van der Waals surface area contributed by atoms with E-state index in [0.717, 1.165) is 18.2 Å². The van der Waals surface area contributed by atoms with E-state index in [2.05, 4.69) is 60.7 Å². The SMILES string of the molecule is C=O.CC(=O)NCC(=O)N1CCC(O)C1.CC(C)C.CNCc1ccc(-c2scnc2C)cc1. The summed E-state index contributed by atoms with van der Waals surface area (Å²) in [5.74, 6) is 0.486. The molecule has 34 heavy (non-hydrogen) atoms. The van der Waals surface area contributed by atoms with Crippen LogP contribution in [0.25, 0.3) is 10.4 Å². The van der Waals surface area contributed by atoms with E-state index in [1.807, 2.05) is 26.3 Å². The van der Waals surface area contributed by atoms with Crippen molar-refractivity contribution in [2.24, 2.45) is 5.92 Å². The van der Waals surface area contributed by atoms with Crippen molar-refractivity contribution in [1.29, 1.82) is 0 Å². The van der Waals surface area contributed by atoms with Gasteiger partial charge in [0.1, 0.15) is 6.79 Å². The van der Waals surface area contributed by atoms with Crippen LogP contribution in [0.1, 0.15) is 45.4 Å². The first-order valence-corrected chi connectivity index (χ1v) is 12.1. The van der Waals surface area contributed by atoms with Crippen molar-refractivity contribution >= 4 is 29.9 Å². The Morgan fingerprint density at radius 3 is 2.24 bits per heavy atom. The van der Waals surface area contributed by atoms with Gasteiger partial charge in [-0.1, -0.05) is 45.0 Å². The van der Waals surface area contributed by atoms with Crippen molar-refractivity contribution in [3.05, 3.63) is 41.0 Å². The number of aliphatic hydroxyl groups excluding tert-OH is 1. The molecule has 2 heterocycles. The minimum atomic E-state index is -0.402. The molecule has 0 saturated carbocycles. The van der Waals surface area contributed by atoms with Crippen LogP contribution in [0.15, 0.2) is 29.8 Å². The Balaban J connectivity index is 0.000000525. The Hall–Kier alpha value is -2.62. The summed E-state index contributed by atoms with van der Waals surface area (Å²) in [6, 6.07) is 8.64. The molecule has 0 bridgehead atoms. The zero-order valence-corrected chi connectivity index (χ0v) is 22.1. The predicted octanol–water partition coefficient (Wildman–Crippen LogP) is 3.03. The summed E-state index contributed by atoms with van der Waals surface area (Å²) in [5.41, 5.74) is 5.58. The molecule has 1 aliphatic heterocycles. The lowest BCUT2D eigenvalue weighted by Crippen LogP contribution is -2.38. The van der Waals surface area contributed by atoms with Crippen molar-refractivity contribution in [3.63, 3.8) is 0 Å². The largest absolute Gasteiger partial charge is 0.391 e. The molecule has 1 aromatic carbocycles. The van der Waals surface area contributed by atoms with Gasteiger partial charge >= 0.3 is 0 Å². The highest BCUT2D eigenvalue weighted by Gasteiger charge is 2.24. The van der Waals surface area contributed by atoms with Gasteiger partial charge in [0.25, 0.3) is 0 Å². The van der Waals surface area contributed by atoms with Crippen LogP contribution in [-0.4, -0.2) is 66.4 Å². The lowest BCUT2D eigenvalue weighted by atomic mass is 10.1. The summed E-state index contributed by atoms with van der Waals surface area (Å²) in [4.78, 5) is 36.9. The number of hydrogen-bond donors (Lipinski definition) is 3. The predicted molar refractivity (Wildman–Crippen MR) is 139 cm³/mol. The van der Waals surface area contributed by atoms with Crippen LogP contribution in [0.2, 0.25) is 0 Å². The molecule has 1 unspecified atom stereocenters. The third-order valence-corrected chi connectivity index (χ3v) is 5.32. The van der Waals surface area contributed by atoms with Gasteiger partial charge in [-0.25, -0.2) is 4.98 Å². The van der Waals surface area contributed by atoms with Gasteiger partial charge in [0.15, 0.2) is 0 Å². The number of rotatable bonds is 5. The van der Waals surface area contributed by atoms with Gasteiger partial charge in [0.2, 0.25) is 11.8 Å². The molecule has 0 aliphatic carbocycles. The molecule has 1 aliphatic rings. The van der Waals surface area contributed by atoms with Crippen molar-refractivity contribution in [1.82, 2.24) is 20.5 Å². The Labute approximate surface area is 207 Å². The van der Waals surface area contributed by atoms with Gasteiger partial charge in [-0.2, -0.15) is 0 Å². The number of carbonyl (C=O) groups excluding carboxylic acids is 3. The van der Waals surface area contributed by atoms with E-state index in [-0.39, 0.29) is 18.4 Å². The summed E-state index contributed by atoms with van der Waals surface area (Å²) in [5, 5.41) is 14.7. The second-order valence-corrected chi connectivity index (χ2v) is 9.27. The molecular weight excluding hydrogens is 452 g/mol. The molecule has 190 valence electrons. The number of thiazole rings is 1. The van der Waals surface area contributed by atoms with Gasteiger partial charge in [0.05, 0.1) is 28.7 Å². The Bertz CT molecular complexity index is 837. The minimum Gasteiger partial charge on any atom is -0.391 e. The minimum absolute atomic E-state index is 0.0298. The van der Waals surface area contributed by atoms with E-state index in [1.54, 1.807) is 16.2 Å². The maximum absolute atomic E-state index is 11.3. The number of likely N-dealkylation sites (tertiary alicyclic amines) is 1. The molecule has 1 aromatic heterocycles. The number of nitrogens with one attached hydrogen (secondary N) is 2. The smallest absolute Gasteiger partial charge is 0.242 e. The number of aromatic nitrogens is 1. The molecule has 0 radical (unpaired) electrons. The molecule has 3 N–H and O–H groups in total. The molecule has 1 atom stereocenters. The van der Waals surface area contributed by atoms with Crippen LogP contribution in [0.5, 0.6) is 0 Å². The van der Waals surface area contributed by atoms with E-state index >= 15 is 0 Å². The average Bonchev–Trinajstić information content (AvgIpc) is 3.42. The fourth-order valence-corrected chi connectivity index (χ4v) is 3.65. The zero-order chi connectivity index (χ0) is 26.1. The van der Waals surface area contributed by atoms with E-state index < -0.39 is 6.10 Å². The first-order chi connectivity index (χ1) is 16.1. The molecular formula is C25H40N4O4S. The topological polar surface area (TPSA) is 112 Å². The summed E-state index contributed by atoms with van der Waals surface area (Å²) >= 11 is 1.70. The monoisotopic (exact) mass is 492 g/mol. The quantitative estimate of drug-likeness (QED) is 0.592. The van der Waals surface area contributed by atoms with Crippen LogP contribution < -0.4 is 10.6 Å². The van der Waals surface area contributed by atoms with Crippen LogP contribution in [0, 0.1) is 12.8 Å². The van der Waals surface area contributed by atoms with Crippen LogP contribution in [0.3, 0.4) is 0 Å². The van der Waals surface area contributed by atoms with E-state index in [0.29, 0.717) is 19.5 Å². The summed E-state index contributed by atoms with van der Waals surface area (Å²) < 4.78 is 0. The summed E-state index contributed by atoms with van der Waals surface area (Å²) in [6.07, 6.45) is 0.229. The molecule has 1 saturated heterocycles. The van der Waals surface area contributed by atoms with Gasteiger partial charge in [-0.3, -0.25) is 9.59 Å². The molecule has 8 nitrogen and oxygen atoms in total. The molecule has 2 aromatic rings. The fraction of sp³-hybridized carbons (Fsp3) is 0.520. The number of benzene rings is 1. The number of β-amino-alcohol motifs (C(OH)–C–C–N with tert-alkyl or cyclic N) is 1. The summed E-state index contributed by atoms with van der Waals surface area (Å²) in [6.45, 7) is 13.8. The summed E-state index contributed by atoms with van der Waals surface area (Å²) in [7, 11) is 1.96. The van der Waals surface area contributed by atoms with Gasteiger partial charge in [0, 0.05) is 26.6 Å². The molecule has 3 rings (SSSR count). The third kappa shape index (κ3) is 13.2. The van der Waals surface area contributed by atoms with Crippen molar-refractivity contribution < 1.29 is 19.5 Å². The van der Waals surface area contributed by atoms with Crippen LogP contribution >= 0.6 is 11.3 Å². The Morgan fingerprint density at radius 1 is 1.24 bits per heavy atom. The number of carbonyl (C=O) groups is 3. The first-order valence-electron chi connectivity index (χ1n) is 11.3. The lowest BCUT2D eigenvalue weighted by Gasteiger charge is -2.15. The molecule has 1 fully saturated rings. The lowest BCUT2D eigenvalue weighted by molar-refractivity contribution is -0.131. The van der Waals surface area contributed by atoms with Crippen LogP contribution in [-0.2, 0) is 20.9 Å². The zero-order valence-electron chi connectivity index (χ0n) is 21.3. The van der Waals surface area contributed by atoms with Crippen molar-refractivity contribution in [2.75, 3.05) is 26.7 Å². The van der Waals surface area contributed by atoms with Crippen molar-refractivity contribution in [2.45, 2.75) is 53.7 Å². The highest BCUT2D eigenvalue weighted by atomic mass is 32.1. The van der Waals surface area contributed by atoms with Gasteiger partial charge < -0.3 is 25.4 Å². The molecule has 2 amide bonds. The number of aryl methyl sites for hydroxylation is 1. The third-order valence-electron chi connectivity index (χ3n) is 4.35. The van der Waals surface area contributed by atoms with E-state index in [9.17, 15) is 9.59 Å². The van der Waals surface area contributed by atoms with E-state index in [1.165, 1.54) is 22.9 Å². The molecule has 0 spiro atoms. The highest BCUT2D eigenvalue weighted by molar-refractivity contribution is 7.13. The maximum Gasteiger partial charge on any atom is 0.242 e. The fourth-order valence-electron chi connectivity index (χ4n) is 2.84. The van der Waals surface area contributed by atoms with Crippen LogP contribution in [0.4, 0.5) is 0 Å². The van der Waals surface area contributed by atoms with Gasteiger partial charge in [-0.05, 0) is 37.4 Å². The highest BCUT2D eigenvalue weighted by Crippen LogP contribution is 2.27. The number of amides is 2. The Kier molecular flexibility index (Phi) is 16.4. The average molecular weight is 493 g/mol. The Morgan fingerprint density at radius 2 is 1.82 bits per heavy atom. The maximum atomic E-state index is 11.3. The standard InChI is InChI=1S/C12H14N2S.C8H14N2O3.C4H10.CH2O/c1-9-12(15-8-14-9)11-5-3-10(4-6-11)7-13-2;1-6(11)9-4-8(13)10-3-2-7(12)5-10;1-4(2)3;1-2/h3-6,8,13H,7H2,1-2H3;7,12H,2-5H2,1H3,(H,9,11);4H,1-3H3;1H2. The number of hydrogen-bond acceptors (Lipinski definition) is 7. The van der Waals surface area contributed by atoms with Gasteiger partial charge in [-0.15, -0.1) is 11.3 Å². The first kappa shape index (κ1) is 31.4.